The molecule has 2 N–H and O–H groups in total. The molecular formula is C28H35N3O5. The molecule has 0 spiro atoms. The van der Waals surface area contributed by atoms with Gasteiger partial charge in [-0.15, -0.1) is 0 Å². The third-order valence-electron chi connectivity index (χ3n) is 5.89. The van der Waals surface area contributed by atoms with Crippen molar-refractivity contribution in [1.29, 1.82) is 0 Å². The number of carbonyl (C=O) groups excluding carboxylic acids is 3. The lowest BCUT2D eigenvalue weighted by Gasteiger charge is -2.42. The Morgan fingerprint density at radius 3 is 2.39 bits per heavy atom. The van der Waals surface area contributed by atoms with Crippen LogP contribution in [-0.4, -0.2) is 48.1 Å². The standard InChI is InChI=1S/C28H35N3O5/c1-6-19-9-7-10-20(17-19)25(26(33)30-21-13-15-23(35-5)16-14-21)31(22-11-8-12-22)24(32)18-29-27(34)36-28(2,3)4/h6-7,9-10,13-17,22,25H,1,8,11-12,18H2,2-5H3,(H,29,34)(H,30,33). The third kappa shape index (κ3) is 7.10. The van der Waals surface area contributed by atoms with Crippen molar-refractivity contribution < 1.29 is 23.9 Å². The van der Waals surface area contributed by atoms with E-state index in [2.05, 4.69) is 17.2 Å². The molecule has 1 atom stereocenters. The minimum absolute atomic E-state index is 0.114. The quantitative estimate of drug-likeness (QED) is 0.517. The summed E-state index contributed by atoms with van der Waals surface area (Å²) in [5.74, 6) is -0.0360. The first kappa shape index (κ1) is 26.8. The lowest BCUT2D eigenvalue weighted by atomic mass is 9.88. The van der Waals surface area contributed by atoms with Crippen molar-refractivity contribution in [3.05, 3.63) is 66.2 Å². The van der Waals surface area contributed by atoms with E-state index >= 15 is 0 Å². The van der Waals surface area contributed by atoms with Gasteiger partial charge in [-0.05, 0) is 81.5 Å². The second-order valence-electron chi connectivity index (χ2n) is 9.74. The van der Waals surface area contributed by atoms with Crippen LogP contribution in [0.1, 0.15) is 57.2 Å². The molecule has 0 heterocycles. The molecule has 0 bridgehead atoms. The summed E-state index contributed by atoms with van der Waals surface area (Å²) in [5, 5.41) is 5.48. The molecule has 8 heteroatoms. The van der Waals surface area contributed by atoms with Gasteiger partial charge in [0.05, 0.1) is 7.11 Å². The van der Waals surface area contributed by atoms with Crippen molar-refractivity contribution in [3.63, 3.8) is 0 Å². The molecule has 2 aromatic rings. The second-order valence-corrected chi connectivity index (χ2v) is 9.74. The number of amides is 3. The van der Waals surface area contributed by atoms with Gasteiger partial charge in [0, 0.05) is 11.7 Å². The van der Waals surface area contributed by atoms with E-state index in [1.165, 1.54) is 0 Å². The van der Waals surface area contributed by atoms with Gasteiger partial charge in [0.25, 0.3) is 5.91 Å². The highest BCUT2D eigenvalue weighted by atomic mass is 16.6. The van der Waals surface area contributed by atoms with Crippen LogP contribution in [0.3, 0.4) is 0 Å². The van der Waals surface area contributed by atoms with Crippen molar-refractivity contribution >= 4 is 29.7 Å². The SMILES string of the molecule is C=Cc1cccc(C(C(=O)Nc2ccc(OC)cc2)N(C(=O)CNC(=O)OC(C)(C)C)C2CCC2)c1. The zero-order valence-corrected chi connectivity index (χ0v) is 21.4. The number of hydrogen-bond acceptors (Lipinski definition) is 5. The monoisotopic (exact) mass is 493 g/mol. The Morgan fingerprint density at radius 2 is 1.83 bits per heavy atom. The Labute approximate surface area is 212 Å². The van der Waals surface area contributed by atoms with Gasteiger partial charge < -0.3 is 25.0 Å². The number of nitrogens with zero attached hydrogens (tertiary/aromatic N) is 1. The van der Waals surface area contributed by atoms with Crippen molar-refractivity contribution in [1.82, 2.24) is 10.2 Å². The summed E-state index contributed by atoms with van der Waals surface area (Å²) >= 11 is 0. The molecule has 192 valence electrons. The summed E-state index contributed by atoms with van der Waals surface area (Å²) in [6.45, 7) is 8.80. The average Bonchev–Trinajstić information content (AvgIpc) is 2.80. The van der Waals surface area contributed by atoms with E-state index in [1.54, 1.807) is 63.1 Å². The number of anilines is 1. The van der Waals surface area contributed by atoms with Crippen LogP contribution in [-0.2, 0) is 14.3 Å². The Balaban J connectivity index is 1.90. The van der Waals surface area contributed by atoms with Crippen LogP contribution in [0, 0.1) is 0 Å². The average molecular weight is 494 g/mol. The fourth-order valence-electron chi connectivity index (χ4n) is 3.96. The maximum Gasteiger partial charge on any atom is 0.408 e. The van der Waals surface area contributed by atoms with Crippen LogP contribution in [0.4, 0.5) is 10.5 Å². The number of benzene rings is 2. The summed E-state index contributed by atoms with van der Waals surface area (Å²) in [4.78, 5) is 41.0. The lowest BCUT2D eigenvalue weighted by molar-refractivity contribution is -0.143. The van der Waals surface area contributed by atoms with Gasteiger partial charge in [-0.1, -0.05) is 30.9 Å². The molecule has 1 aliphatic carbocycles. The van der Waals surface area contributed by atoms with E-state index in [0.29, 0.717) is 17.0 Å². The molecule has 8 nitrogen and oxygen atoms in total. The number of nitrogens with one attached hydrogen (secondary N) is 2. The van der Waals surface area contributed by atoms with E-state index < -0.39 is 17.7 Å². The topological polar surface area (TPSA) is 97.0 Å². The van der Waals surface area contributed by atoms with Crippen molar-refractivity contribution in [2.45, 2.75) is 57.7 Å². The molecule has 1 fully saturated rings. The molecule has 1 aliphatic rings. The maximum atomic E-state index is 13.7. The van der Waals surface area contributed by atoms with E-state index in [1.807, 2.05) is 24.3 Å². The van der Waals surface area contributed by atoms with Crippen LogP contribution in [0.15, 0.2) is 55.1 Å². The molecule has 3 amide bonds. The number of hydrogen-bond donors (Lipinski definition) is 2. The molecule has 0 aliphatic heterocycles. The highest BCUT2D eigenvalue weighted by molar-refractivity contribution is 5.98. The van der Waals surface area contributed by atoms with Gasteiger partial charge in [0.2, 0.25) is 5.91 Å². The predicted molar refractivity (Wildman–Crippen MR) is 140 cm³/mol. The number of ether oxygens (including phenoxy) is 2. The van der Waals surface area contributed by atoms with Crippen molar-refractivity contribution in [2.24, 2.45) is 0 Å². The number of rotatable bonds is 9. The smallest absolute Gasteiger partial charge is 0.408 e. The molecule has 2 aromatic carbocycles. The minimum Gasteiger partial charge on any atom is -0.497 e. The van der Waals surface area contributed by atoms with Crippen LogP contribution >= 0.6 is 0 Å². The maximum absolute atomic E-state index is 13.7. The zero-order valence-electron chi connectivity index (χ0n) is 21.4. The van der Waals surface area contributed by atoms with Gasteiger partial charge in [0.15, 0.2) is 0 Å². The second kappa shape index (κ2) is 11.7. The van der Waals surface area contributed by atoms with Crippen LogP contribution < -0.4 is 15.4 Å². The van der Waals surface area contributed by atoms with Crippen molar-refractivity contribution in [3.8, 4) is 5.75 Å². The zero-order chi connectivity index (χ0) is 26.3. The van der Waals surface area contributed by atoms with Crippen LogP contribution in [0.25, 0.3) is 6.08 Å². The molecule has 0 saturated heterocycles. The first-order valence-electron chi connectivity index (χ1n) is 12.1. The van der Waals surface area contributed by atoms with E-state index in [9.17, 15) is 14.4 Å². The summed E-state index contributed by atoms with van der Waals surface area (Å²) in [5.41, 5.74) is 1.39. The van der Waals surface area contributed by atoms with E-state index in [0.717, 1.165) is 24.8 Å². The third-order valence-corrected chi connectivity index (χ3v) is 5.89. The lowest BCUT2D eigenvalue weighted by Crippen LogP contribution is -2.53. The fourth-order valence-corrected chi connectivity index (χ4v) is 3.96. The van der Waals surface area contributed by atoms with Gasteiger partial charge in [-0.2, -0.15) is 0 Å². The molecule has 0 radical (unpaired) electrons. The number of alkyl carbamates (subject to hydrolysis) is 1. The largest absolute Gasteiger partial charge is 0.497 e. The van der Waals surface area contributed by atoms with Crippen LogP contribution in [0.2, 0.25) is 0 Å². The normalized spacial score (nSPS) is 14.1. The molecule has 36 heavy (non-hydrogen) atoms. The van der Waals surface area contributed by atoms with Crippen molar-refractivity contribution in [2.75, 3.05) is 19.0 Å². The fraction of sp³-hybridized carbons (Fsp3) is 0.393. The Morgan fingerprint density at radius 1 is 1.14 bits per heavy atom. The van der Waals surface area contributed by atoms with Crippen LogP contribution in [0.5, 0.6) is 5.75 Å². The summed E-state index contributed by atoms with van der Waals surface area (Å²) in [7, 11) is 1.57. The Hall–Kier alpha value is -3.81. The molecule has 1 unspecified atom stereocenters. The Kier molecular flexibility index (Phi) is 8.74. The van der Waals surface area contributed by atoms with Gasteiger partial charge in [-0.25, -0.2) is 4.79 Å². The van der Waals surface area contributed by atoms with E-state index in [-0.39, 0.29) is 24.4 Å². The summed E-state index contributed by atoms with van der Waals surface area (Å²) < 4.78 is 10.5. The highest BCUT2D eigenvalue weighted by Crippen LogP contribution is 2.34. The number of methoxy groups -OCH3 is 1. The summed E-state index contributed by atoms with van der Waals surface area (Å²) in [6, 6.07) is 13.4. The molecule has 0 aromatic heterocycles. The van der Waals surface area contributed by atoms with Gasteiger partial charge >= 0.3 is 6.09 Å². The van der Waals surface area contributed by atoms with Gasteiger partial charge in [-0.3, -0.25) is 9.59 Å². The molecular weight excluding hydrogens is 458 g/mol. The van der Waals surface area contributed by atoms with Gasteiger partial charge in [0.1, 0.15) is 23.9 Å². The number of carbonyl (C=O) groups is 3. The molecule has 3 rings (SSSR count). The molecule has 1 saturated carbocycles. The first-order valence-corrected chi connectivity index (χ1v) is 12.1. The minimum atomic E-state index is -0.898. The highest BCUT2D eigenvalue weighted by Gasteiger charge is 2.39. The van der Waals surface area contributed by atoms with E-state index in [4.69, 9.17) is 9.47 Å². The summed E-state index contributed by atoms with van der Waals surface area (Å²) in [6.07, 6.45) is 3.55. The predicted octanol–water partition coefficient (Wildman–Crippen LogP) is 4.92. The Bertz CT molecular complexity index is 1090. The first-order chi connectivity index (χ1) is 17.1.